The van der Waals surface area contributed by atoms with Crippen LogP contribution in [0.5, 0.6) is 5.75 Å². The van der Waals surface area contributed by atoms with Gasteiger partial charge in [-0.2, -0.15) is 0 Å². The molecule has 0 aliphatic carbocycles. The van der Waals surface area contributed by atoms with Gasteiger partial charge < -0.3 is 20.5 Å². The van der Waals surface area contributed by atoms with Crippen LogP contribution >= 0.6 is 0 Å². The minimum Gasteiger partial charge on any atom is -0.484 e. The fraction of sp³-hybridized carbons (Fsp3) is 0.500. The molecule has 0 saturated heterocycles. The first-order chi connectivity index (χ1) is 9.26. The second-order valence-electron chi connectivity index (χ2n) is 4.17. The molecular weight excluding hydrogens is 244 g/mol. The van der Waals surface area contributed by atoms with Gasteiger partial charge in [-0.1, -0.05) is 12.1 Å². The maximum absolute atomic E-state index is 11.5. The number of benzene rings is 1. The summed E-state index contributed by atoms with van der Waals surface area (Å²) >= 11 is 0. The van der Waals surface area contributed by atoms with Crippen LogP contribution in [0.3, 0.4) is 0 Å². The molecule has 0 heterocycles. The van der Waals surface area contributed by atoms with E-state index < -0.39 is 0 Å². The van der Waals surface area contributed by atoms with E-state index in [0.717, 1.165) is 18.4 Å². The van der Waals surface area contributed by atoms with Gasteiger partial charge in [-0.05, 0) is 37.1 Å². The van der Waals surface area contributed by atoms with Crippen molar-refractivity contribution in [3.05, 3.63) is 29.8 Å². The molecule has 0 atom stereocenters. The predicted molar refractivity (Wildman–Crippen MR) is 74.2 cm³/mol. The number of rotatable bonds is 9. The number of nitrogens with two attached hydrogens (primary N) is 1. The Morgan fingerprint density at radius 1 is 1.42 bits per heavy atom. The van der Waals surface area contributed by atoms with E-state index in [4.69, 9.17) is 15.2 Å². The van der Waals surface area contributed by atoms with Gasteiger partial charge in [0.25, 0.3) is 5.91 Å². The van der Waals surface area contributed by atoms with Crippen molar-refractivity contribution in [2.24, 2.45) is 5.73 Å². The summed E-state index contributed by atoms with van der Waals surface area (Å²) in [5.74, 6) is 0.568. The van der Waals surface area contributed by atoms with E-state index in [-0.39, 0.29) is 12.5 Å². The van der Waals surface area contributed by atoms with Gasteiger partial charge in [0.05, 0.1) is 0 Å². The molecule has 0 saturated carbocycles. The van der Waals surface area contributed by atoms with Crippen molar-refractivity contribution in [3.63, 3.8) is 0 Å². The number of hydrogen-bond donors (Lipinski definition) is 2. The number of amides is 1. The van der Waals surface area contributed by atoms with Crippen LogP contribution in [0, 0.1) is 0 Å². The average Bonchev–Trinajstić information content (AvgIpc) is 2.42. The highest BCUT2D eigenvalue weighted by Crippen LogP contribution is 2.13. The van der Waals surface area contributed by atoms with Crippen molar-refractivity contribution < 1.29 is 14.3 Å². The number of nitrogens with one attached hydrogen (secondary N) is 1. The third-order valence-corrected chi connectivity index (χ3v) is 2.55. The highest BCUT2D eigenvalue weighted by atomic mass is 16.5. The second-order valence-corrected chi connectivity index (χ2v) is 4.17. The van der Waals surface area contributed by atoms with Crippen LogP contribution in [0.2, 0.25) is 0 Å². The molecular formula is C14H22N2O3. The van der Waals surface area contributed by atoms with Crippen molar-refractivity contribution >= 4 is 5.91 Å². The van der Waals surface area contributed by atoms with Gasteiger partial charge in [0.15, 0.2) is 6.61 Å². The Kier molecular flexibility index (Phi) is 7.62. The summed E-state index contributed by atoms with van der Waals surface area (Å²) in [6, 6.07) is 7.63. The molecule has 1 aromatic carbocycles. The lowest BCUT2D eigenvalue weighted by Gasteiger charge is -2.08. The summed E-state index contributed by atoms with van der Waals surface area (Å²) in [6.07, 6.45) is 1.61. The van der Waals surface area contributed by atoms with E-state index >= 15 is 0 Å². The van der Waals surface area contributed by atoms with Crippen molar-refractivity contribution in [2.75, 3.05) is 33.4 Å². The van der Waals surface area contributed by atoms with Crippen LogP contribution in [-0.4, -0.2) is 39.3 Å². The highest BCUT2D eigenvalue weighted by Gasteiger charge is 2.02. The molecule has 5 heteroatoms. The summed E-state index contributed by atoms with van der Waals surface area (Å²) in [5.41, 5.74) is 6.61. The van der Waals surface area contributed by atoms with E-state index in [9.17, 15) is 4.79 Å². The van der Waals surface area contributed by atoms with Crippen molar-refractivity contribution in [3.8, 4) is 5.75 Å². The molecule has 5 nitrogen and oxygen atoms in total. The molecule has 0 aromatic heterocycles. The third-order valence-electron chi connectivity index (χ3n) is 2.55. The molecule has 106 valence electrons. The third kappa shape index (κ3) is 6.79. The van der Waals surface area contributed by atoms with E-state index in [2.05, 4.69) is 5.32 Å². The zero-order valence-electron chi connectivity index (χ0n) is 11.4. The molecule has 0 aliphatic rings. The zero-order chi connectivity index (χ0) is 13.9. The van der Waals surface area contributed by atoms with Crippen LogP contribution in [0.1, 0.15) is 12.0 Å². The van der Waals surface area contributed by atoms with Crippen LogP contribution in [0.25, 0.3) is 0 Å². The first-order valence-electron chi connectivity index (χ1n) is 6.43. The summed E-state index contributed by atoms with van der Waals surface area (Å²) in [6.45, 7) is 1.87. The fourth-order valence-electron chi connectivity index (χ4n) is 1.60. The molecule has 1 aromatic rings. The van der Waals surface area contributed by atoms with Gasteiger partial charge in [-0.3, -0.25) is 4.79 Å². The molecule has 0 unspecified atom stereocenters. The Morgan fingerprint density at radius 3 is 3.00 bits per heavy atom. The Bertz CT molecular complexity index is 383. The van der Waals surface area contributed by atoms with Crippen molar-refractivity contribution in [1.29, 1.82) is 0 Å². The van der Waals surface area contributed by atoms with Gasteiger partial charge in [0.1, 0.15) is 5.75 Å². The van der Waals surface area contributed by atoms with Gasteiger partial charge in [0, 0.05) is 20.3 Å². The Morgan fingerprint density at radius 2 is 2.26 bits per heavy atom. The minimum atomic E-state index is -0.125. The van der Waals surface area contributed by atoms with Crippen molar-refractivity contribution in [2.45, 2.75) is 12.8 Å². The molecule has 0 spiro atoms. The summed E-state index contributed by atoms with van der Waals surface area (Å²) in [5, 5.41) is 2.76. The maximum Gasteiger partial charge on any atom is 0.257 e. The van der Waals surface area contributed by atoms with E-state index in [0.29, 0.717) is 25.4 Å². The normalized spacial score (nSPS) is 10.2. The number of carbonyl (C=O) groups is 1. The topological polar surface area (TPSA) is 73.6 Å². The lowest BCUT2D eigenvalue weighted by atomic mass is 10.1. The van der Waals surface area contributed by atoms with Gasteiger partial charge in [-0.15, -0.1) is 0 Å². The van der Waals surface area contributed by atoms with Crippen LogP contribution in [-0.2, 0) is 16.0 Å². The molecule has 1 rings (SSSR count). The summed E-state index contributed by atoms with van der Waals surface area (Å²) < 4.78 is 10.3. The minimum absolute atomic E-state index is 0.0268. The Labute approximate surface area is 114 Å². The standard InChI is InChI=1S/C14H22N2O3/c1-18-9-3-8-16-14(17)11-19-13-5-2-4-12(10-13)6-7-15/h2,4-5,10H,3,6-9,11,15H2,1H3,(H,16,17). The van der Waals surface area contributed by atoms with Crippen LogP contribution in [0.4, 0.5) is 0 Å². The smallest absolute Gasteiger partial charge is 0.257 e. The number of carbonyl (C=O) groups excluding carboxylic acids is 1. The lowest BCUT2D eigenvalue weighted by molar-refractivity contribution is -0.123. The van der Waals surface area contributed by atoms with Gasteiger partial charge in [-0.25, -0.2) is 0 Å². The fourth-order valence-corrected chi connectivity index (χ4v) is 1.60. The van der Waals surface area contributed by atoms with Gasteiger partial charge in [0.2, 0.25) is 0 Å². The molecule has 1 amide bonds. The Balaban J connectivity index is 2.27. The molecule has 19 heavy (non-hydrogen) atoms. The van der Waals surface area contributed by atoms with Crippen molar-refractivity contribution in [1.82, 2.24) is 5.32 Å². The predicted octanol–water partition coefficient (Wildman–Crippen LogP) is 0.719. The first-order valence-corrected chi connectivity index (χ1v) is 6.43. The average molecular weight is 266 g/mol. The monoisotopic (exact) mass is 266 g/mol. The quantitative estimate of drug-likeness (QED) is 0.646. The number of methoxy groups -OCH3 is 1. The largest absolute Gasteiger partial charge is 0.484 e. The molecule has 0 radical (unpaired) electrons. The number of ether oxygens (including phenoxy) is 2. The molecule has 0 fully saturated rings. The summed E-state index contributed by atoms with van der Waals surface area (Å²) in [7, 11) is 1.64. The van der Waals surface area contributed by atoms with E-state index in [1.807, 2.05) is 24.3 Å². The highest BCUT2D eigenvalue weighted by molar-refractivity contribution is 5.77. The summed E-state index contributed by atoms with van der Waals surface area (Å²) in [4.78, 5) is 11.5. The van der Waals surface area contributed by atoms with Gasteiger partial charge >= 0.3 is 0 Å². The lowest BCUT2D eigenvalue weighted by Crippen LogP contribution is -2.30. The molecule has 3 N–H and O–H groups in total. The molecule has 0 aliphatic heterocycles. The maximum atomic E-state index is 11.5. The SMILES string of the molecule is COCCCNC(=O)COc1cccc(CCN)c1. The Hall–Kier alpha value is -1.59. The van der Waals surface area contributed by atoms with Crippen LogP contribution < -0.4 is 15.8 Å². The zero-order valence-corrected chi connectivity index (χ0v) is 11.4. The van der Waals surface area contributed by atoms with Crippen LogP contribution in [0.15, 0.2) is 24.3 Å². The first kappa shape index (κ1) is 15.5. The second kappa shape index (κ2) is 9.35. The van der Waals surface area contributed by atoms with E-state index in [1.54, 1.807) is 7.11 Å². The van der Waals surface area contributed by atoms with E-state index in [1.165, 1.54) is 0 Å². The number of hydrogen-bond acceptors (Lipinski definition) is 4. The molecule has 0 bridgehead atoms.